The van der Waals surface area contributed by atoms with Gasteiger partial charge in [-0.25, -0.2) is 0 Å². The monoisotopic (exact) mass is 784 g/mol. The summed E-state index contributed by atoms with van der Waals surface area (Å²) >= 11 is 0. The molecule has 0 aliphatic carbocycles. The van der Waals surface area contributed by atoms with E-state index in [0.29, 0.717) is 0 Å². The lowest BCUT2D eigenvalue weighted by atomic mass is 9.95. The van der Waals surface area contributed by atoms with Crippen molar-refractivity contribution < 1.29 is 0 Å². The molecule has 286 valence electrons. The molecule has 2 heteroatoms. The fraction of sp³-hybridized carbons (Fsp3) is 0. The molecule has 2 aromatic heterocycles. The first kappa shape index (κ1) is 33.6. The van der Waals surface area contributed by atoms with Gasteiger partial charge in [-0.15, -0.1) is 0 Å². The zero-order valence-electron chi connectivity index (χ0n) is 33.7. The van der Waals surface area contributed by atoms with E-state index in [1.807, 2.05) is 0 Å². The Kier molecular flexibility index (Phi) is 6.86. The van der Waals surface area contributed by atoms with Crippen molar-refractivity contribution in [2.24, 2.45) is 0 Å². The minimum atomic E-state index is 1.19. The van der Waals surface area contributed by atoms with Gasteiger partial charge in [-0.1, -0.05) is 176 Å². The molecule has 0 aliphatic rings. The molecule has 0 atom stereocenters. The number of aromatic nitrogens is 2. The Balaban J connectivity index is 1.00. The Morgan fingerprint density at radius 3 is 1.18 bits per heavy atom. The number of para-hydroxylation sites is 2. The Hall–Kier alpha value is -8.20. The van der Waals surface area contributed by atoms with Gasteiger partial charge in [0.1, 0.15) is 0 Å². The summed E-state index contributed by atoms with van der Waals surface area (Å²) in [5.74, 6) is 0. The number of hydrogen-bond acceptors (Lipinski definition) is 0. The second-order valence-electron chi connectivity index (χ2n) is 16.8. The zero-order valence-corrected chi connectivity index (χ0v) is 33.7. The van der Waals surface area contributed by atoms with Gasteiger partial charge < -0.3 is 9.13 Å². The molecule has 0 N–H and O–H groups in total. The third-order valence-corrected chi connectivity index (χ3v) is 13.6. The van der Waals surface area contributed by atoms with Gasteiger partial charge in [0, 0.05) is 32.3 Å². The molecule has 12 aromatic carbocycles. The summed E-state index contributed by atoms with van der Waals surface area (Å²) in [6.45, 7) is 0. The minimum Gasteiger partial charge on any atom is -0.309 e. The van der Waals surface area contributed by atoms with E-state index in [-0.39, 0.29) is 0 Å². The number of nitrogens with zero attached hydrogens (tertiary/aromatic N) is 2. The van der Waals surface area contributed by atoms with E-state index in [1.54, 1.807) is 0 Å². The Bertz CT molecular complexity index is 4220. The SMILES string of the molecule is c1ccc2c(c1)ccc1cc(-n3c4ccccc4c4cc(-c5ccc6c7ccccc7n(-c7cc8ccc9ccccc9c8c8ccccc78)c6c5)ccc43)c3ccccc3c12. The van der Waals surface area contributed by atoms with Crippen LogP contribution in [0.15, 0.2) is 218 Å². The van der Waals surface area contributed by atoms with Crippen molar-refractivity contribution >= 4 is 108 Å². The second kappa shape index (κ2) is 12.7. The van der Waals surface area contributed by atoms with E-state index in [9.17, 15) is 0 Å². The summed E-state index contributed by atoms with van der Waals surface area (Å²) in [5.41, 5.74) is 9.60. The van der Waals surface area contributed by atoms with E-state index in [0.717, 1.165) is 0 Å². The molecule has 2 nitrogen and oxygen atoms in total. The van der Waals surface area contributed by atoms with Crippen LogP contribution in [0.1, 0.15) is 0 Å². The van der Waals surface area contributed by atoms with Gasteiger partial charge >= 0.3 is 0 Å². The molecule has 0 unspecified atom stereocenters. The van der Waals surface area contributed by atoms with Gasteiger partial charge in [-0.05, 0) is 107 Å². The summed E-state index contributed by atoms with van der Waals surface area (Å²) in [4.78, 5) is 0. The van der Waals surface area contributed by atoms with Crippen molar-refractivity contribution in [1.29, 1.82) is 0 Å². The molecule has 14 aromatic rings. The fourth-order valence-corrected chi connectivity index (χ4v) is 10.9. The smallest absolute Gasteiger partial charge is 0.0547 e. The Labute approximate surface area is 356 Å². The van der Waals surface area contributed by atoms with Gasteiger partial charge in [0.15, 0.2) is 0 Å². The molecular formula is C60H36N2. The van der Waals surface area contributed by atoms with Crippen LogP contribution in [0.2, 0.25) is 0 Å². The van der Waals surface area contributed by atoms with Crippen LogP contribution in [0.4, 0.5) is 0 Å². The predicted octanol–water partition coefficient (Wildman–Crippen LogP) is 16.5. The maximum absolute atomic E-state index is 2.50. The molecule has 0 saturated carbocycles. The summed E-state index contributed by atoms with van der Waals surface area (Å²) in [5, 5.41) is 20.2. The lowest BCUT2D eigenvalue weighted by molar-refractivity contribution is 1.20. The maximum Gasteiger partial charge on any atom is 0.0547 e. The lowest BCUT2D eigenvalue weighted by Gasteiger charge is -2.16. The van der Waals surface area contributed by atoms with Gasteiger partial charge in [0.2, 0.25) is 0 Å². The van der Waals surface area contributed by atoms with Gasteiger partial charge in [-0.2, -0.15) is 0 Å². The average molecular weight is 785 g/mol. The topological polar surface area (TPSA) is 9.86 Å². The van der Waals surface area contributed by atoms with Crippen molar-refractivity contribution in [2.75, 3.05) is 0 Å². The molecular weight excluding hydrogens is 749 g/mol. The molecule has 14 rings (SSSR count). The summed E-state index contributed by atoms with van der Waals surface area (Å²) in [6.07, 6.45) is 0. The van der Waals surface area contributed by atoms with Crippen molar-refractivity contribution in [2.45, 2.75) is 0 Å². The molecule has 0 bridgehead atoms. The molecule has 0 spiro atoms. The number of rotatable bonds is 3. The average Bonchev–Trinajstić information content (AvgIpc) is 3.85. The van der Waals surface area contributed by atoms with E-state index in [2.05, 4.69) is 228 Å². The van der Waals surface area contributed by atoms with Crippen molar-refractivity contribution in [3.05, 3.63) is 218 Å². The minimum absolute atomic E-state index is 1.19. The Morgan fingerprint density at radius 2 is 0.597 bits per heavy atom. The molecule has 0 fully saturated rings. The van der Waals surface area contributed by atoms with Gasteiger partial charge in [0.05, 0.1) is 33.4 Å². The normalized spacial score (nSPS) is 12.2. The quantitative estimate of drug-likeness (QED) is 0.158. The van der Waals surface area contributed by atoms with Crippen molar-refractivity contribution in [1.82, 2.24) is 9.13 Å². The highest BCUT2D eigenvalue weighted by molar-refractivity contribution is 6.25. The first-order valence-corrected chi connectivity index (χ1v) is 21.5. The van der Waals surface area contributed by atoms with Crippen molar-refractivity contribution in [3.8, 4) is 22.5 Å². The van der Waals surface area contributed by atoms with Gasteiger partial charge in [-0.3, -0.25) is 0 Å². The third kappa shape index (κ3) is 4.64. The van der Waals surface area contributed by atoms with Crippen LogP contribution in [0.25, 0.3) is 131 Å². The molecule has 0 radical (unpaired) electrons. The van der Waals surface area contributed by atoms with Crippen LogP contribution >= 0.6 is 0 Å². The van der Waals surface area contributed by atoms with E-state index >= 15 is 0 Å². The highest BCUT2D eigenvalue weighted by atomic mass is 15.0. The summed E-state index contributed by atoms with van der Waals surface area (Å²) < 4.78 is 4.99. The van der Waals surface area contributed by atoms with E-state index in [1.165, 1.54) is 131 Å². The second-order valence-corrected chi connectivity index (χ2v) is 16.8. The van der Waals surface area contributed by atoms with Crippen LogP contribution in [0.5, 0.6) is 0 Å². The molecule has 0 amide bonds. The van der Waals surface area contributed by atoms with Crippen LogP contribution in [-0.2, 0) is 0 Å². The predicted molar refractivity (Wildman–Crippen MR) is 266 cm³/mol. The molecule has 0 saturated heterocycles. The first-order valence-electron chi connectivity index (χ1n) is 21.5. The largest absolute Gasteiger partial charge is 0.309 e. The number of hydrogen-bond donors (Lipinski definition) is 0. The lowest BCUT2D eigenvalue weighted by Crippen LogP contribution is -1.97. The number of fused-ring (bicyclic) bond motifs is 16. The highest BCUT2D eigenvalue weighted by Gasteiger charge is 2.20. The van der Waals surface area contributed by atoms with E-state index < -0.39 is 0 Å². The molecule has 2 heterocycles. The zero-order chi connectivity index (χ0) is 40.5. The van der Waals surface area contributed by atoms with Crippen LogP contribution in [-0.4, -0.2) is 9.13 Å². The summed E-state index contributed by atoms with van der Waals surface area (Å²) in [7, 11) is 0. The van der Waals surface area contributed by atoms with E-state index in [4.69, 9.17) is 0 Å². The number of benzene rings is 12. The molecule has 0 aliphatic heterocycles. The van der Waals surface area contributed by atoms with Crippen LogP contribution in [0.3, 0.4) is 0 Å². The molecule has 62 heavy (non-hydrogen) atoms. The fourth-order valence-electron chi connectivity index (χ4n) is 10.9. The van der Waals surface area contributed by atoms with Crippen molar-refractivity contribution in [3.63, 3.8) is 0 Å². The maximum atomic E-state index is 2.50. The standard InChI is InChI=1S/C60H36N2/c1-3-15-43-37(13-1)25-27-41-35-57(46-18-5-7-21-50(46)59(41)43)61-54-24-12-10-20-48(54)52-33-39(30-32-55(52)61)40-29-31-49-45-17-9-11-23-53(45)62(56(49)34-40)58-36-42-28-26-38-14-2-4-16-44(38)60(42)51-22-8-6-19-47(51)58/h1-36H. The highest BCUT2D eigenvalue weighted by Crippen LogP contribution is 2.43. The van der Waals surface area contributed by atoms with Gasteiger partial charge in [0.25, 0.3) is 0 Å². The first-order chi connectivity index (χ1) is 30.8. The third-order valence-electron chi connectivity index (χ3n) is 13.6. The summed E-state index contributed by atoms with van der Waals surface area (Å²) in [6, 6.07) is 81.2. The Morgan fingerprint density at radius 1 is 0.210 bits per heavy atom. The van der Waals surface area contributed by atoms with Crippen LogP contribution in [0, 0.1) is 0 Å². The van der Waals surface area contributed by atoms with Crippen LogP contribution < -0.4 is 0 Å².